The lowest BCUT2D eigenvalue weighted by Crippen LogP contribution is -2.17. The third-order valence-electron chi connectivity index (χ3n) is 5.72. The zero-order chi connectivity index (χ0) is 25.6. The highest BCUT2D eigenvalue weighted by Crippen LogP contribution is 2.11. The highest BCUT2D eigenvalue weighted by molar-refractivity contribution is 5.66. The Bertz CT molecular complexity index is 721. The molecule has 2 N–H and O–H groups in total. The summed E-state index contributed by atoms with van der Waals surface area (Å²) in [7, 11) is 0. The molecule has 0 atom stereocenters. The second-order valence-electron chi connectivity index (χ2n) is 8.97. The van der Waals surface area contributed by atoms with Gasteiger partial charge in [-0.15, -0.1) is 0 Å². The van der Waals surface area contributed by atoms with Crippen LogP contribution in [0.2, 0.25) is 0 Å². The zero-order valence-electron chi connectivity index (χ0n) is 21.4. The van der Waals surface area contributed by atoms with Crippen LogP contribution in [0, 0.1) is 11.8 Å². The van der Waals surface area contributed by atoms with Crippen molar-refractivity contribution in [1.29, 1.82) is 0 Å². The normalized spacial score (nSPS) is 10.8. The van der Waals surface area contributed by atoms with Crippen molar-refractivity contribution in [3.05, 3.63) is 35.4 Å². The standard InChI is InChI=1S/C29H44O6/c1-2-3-4-5-6-9-14-25-17-19-26(20-18-25)21-22-29(34-23-12-7-10-15-27(30)31)35-24-13-8-11-16-28(32)33/h17-20,29H,2-16,23-24H2,1H3,(H,30,31)(H,32,33). The number of hydrogen-bond acceptors (Lipinski definition) is 4. The van der Waals surface area contributed by atoms with Gasteiger partial charge in [0.15, 0.2) is 0 Å². The van der Waals surface area contributed by atoms with Gasteiger partial charge in [-0.2, -0.15) is 0 Å². The van der Waals surface area contributed by atoms with Crippen molar-refractivity contribution in [2.45, 2.75) is 110 Å². The predicted octanol–water partition coefficient (Wildman–Crippen LogP) is 6.59. The van der Waals surface area contributed by atoms with Crippen molar-refractivity contribution in [2.75, 3.05) is 13.2 Å². The molecule has 0 aromatic heterocycles. The minimum absolute atomic E-state index is 0.172. The molecule has 0 aliphatic heterocycles. The molecule has 0 radical (unpaired) electrons. The van der Waals surface area contributed by atoms with Crippen LogP contribution in [0.1, 0.15) is 108 Å². The van der Waals surface area contributed by atoms with E-state index in [1.54, 1.807) is 0 Å². The summed E-state index contributed by atoms with van der Waals surface area (Å²) in [5.74, 6) is 4.65. The van der Waals surface area contributed by atoms with E-state index >= 15 is 0 Å². The van der Waals surface area contributed by atoms with Gasteiger partial charge in [0.2, 0.25) is 6.29 Å². The van der Waals surface area contributed by atoms with Gasteiger partial charge in [0.25, 0.3) is 0 Å². The number of unbranched alkanes of at least 4 members (excludes halogenated alkanes) is 9. The average molecular weight is 489 g/mol. The van der Waals surface area contributed by atoms with E-state index in [9.17, 15) is 9.59 Å². The summed E-state index contributed by atoms with van der Waals surface area (Å²) in [6.07, 6.45) is 12.9. The first-order valence-corrected chi connectivity index (χ1v) is 13.3. The van der Waals surface area contributed by atoms with Crippen molar-refractivity contribution in [3.8, 4) is 11.8 Å². The van der Waals surface area contributed by atoms with Crippen LogP contribution in [-0.4, -0.2) is 41.7 Å². The highest BCUT2D eigenvalue weighted by Gasteiger charge is 2.07. The molecule has 0 amide bonds. The number of hydrogen-bond donors (Lipinski definition) is 2. The van der Waals surface area contributed by atoms with E-state index in [0.29, 0.717) is 26.1 Å². The van der Waals surface area contributed by atoms with Crippen LogP contribution in [-0.2, 0) is 25.5 Å². The summed E-state index contributed by atoms with van der Waals surface area (Å²) in [4.78, 5) is 21.2. The number of aryl methyl sites for hydroxylation is 1. The Kier molecular flexibility index (Phi) is 18.4. The van der Waals surface area contributed by atoms with Gasteiger partial charge in [0.05, 0.1) is 13.2 Å². The first-order valence-electron chi connectivity index (χ1n) is 13.3. The summed E-state index contributed by atoms with van der Waals surface area (Å²) < 4.78 is 11.6. The van der Waals surface area contributed by atoms with Crippen molar-refractivity contribution in [1.82, 2.24) is 0 Å². The van der Waals surface area contributed by atoms with E-state index in [1.807, 2.05) is 12.1 Å². The molecule has 0 aliphatic carbocycles. The minimum Gasteiger partial charge on any atom is -0.481 e. The van der Waals surface area contributed by atoms with E-state index in [-0.39, 0.29) is 12.8 Å². The first kappa shape index (κ1) is 30.7. The Morgan fingerprint density at radius 2 is 1.26 bits per heavy atom. The molecule has 0 spiro atoms. The first-order chi connectivity index (χ1) is 17.0. The predicted molar refractivity (Wildman–Crippen MR) is 138 cm³/mol. The number of aliphatic carboxylic acids is 2. The lowest BCUT2D eigenvalue weighted by Gasteiger charge is -2.13. The minimum atomic E-state index is -0.779. The Labute approximate surface area is 211 Å². The molecule has 6 nitrogen and oxygen atoms in total. The Balaban J connectivity index is 2.47. The van der Waals surface area contributed by atoms with E-state index in [1.165, 1.54) is 44.1 Å². The largest absolute Gasteiger partial charge is 0.481 e. The number of carbonyl (C=O) groups is 2. The van der Waals surface area contributed by atoms with E-state index in [4.69, 9.17) is 19.7 Å². The summed E-state index contributed by atoms with van der Waals surface area (Å²) in [6.45, 7) is 3.14. The van der Waals surface area contributed by atoms with Gasteiger partial charge in [-0.05, 0) is 62.1 Å². The highest BCUT2D eigenvalue weighted by atomic mass is 16.7. The lowest BCUT2D eigenvalue weighted by molar-refractivity contribution is -0.138. The monoisotopic (exact) mass is 488 g/mol. The number of carboxylic acids is 2. The van der Waals surface area contributed by atoms with Crippen LogP contribution in [0.4, 0.5) is 0 Å². The van der Waals surface area contributed by atoms with Crippen molar-refractivity contribution in [2.24, 2.45) is 0 Å². The van der Waals surface area contributed by atoms with E-state index < -0.39 is 18.2 Å². The molecule has 0 aliphatic rings. The molecule has 196 valence electrons. The molecule has 0 fully saturated rings. The fourth-order valence-corrected chi connectivity index (χ4v) is 3.63. The molecule has 1 aromatic carbocycles. The van der Waals surface area contributed by atoms with Gasteiger partial charge in [-0.1, -0.05) is 69.9 Å². The van der Waals surface area contributed by atoms with Crippen LogP contribution in [0.25, 0.3) is 0 Å². The lowest BCUT2D eigenvalue weighted by atomic mass is 10.0. The van der Waals surface area contributed by atoms with Gasteiger partial charge in [0, 0.05) is 18.4 Å². The molecule has 0 heterocycles. The second kappa shape index (κ2) is 21.0. The maximum atomic E-state index is 10.6. The fraction of sp³-hybridized carbons (Fsp3) is 0.655. The van der Waals surface area contributed by atoms with Gasteiger partial charge in [0.1, 0.15) is 0 Å². The van der Waals surface area contributed by atoms with Crippen LogP contribution in [0.3, 0.4) is 0 Å². The molecule has 35 heavy (non-hydrogen) atoms. The third kappa shape index (κ3) is 18.6. The number of rotatable bonds is 21. The quantitative estimate of drug-likeness (QED) is 0.115. The van der Waals surface area contributed by atoms with Gasteiger partial charge in [-0.3, -0.25) is 9.59 Å². The van der Waals surface area contributed by atoms with Crippen molar-refractivity contribution >= 4 is 11.9 Å². The van der Waals surface area contributed by atoms with Gasteiger partial charge >= 0.3 is 11.9 Å². The second-order valence-corrected chi connectivity index (χ2v) is 8.97. The van der Waals surface area contributed by atoms with Crippen LogP contribution >= 0.6 is 0 Å². The van der Waals surface area contributed by atoms with Crippen LogP contribution < -0.4 is 0 Å². The summed E-state index contributed by atoms with van der Waals surface area (Å²) in [5.41, 5.74) is 2.25. The van der Waals surface area contributed by atoms with Crippen molar-refractivity contribution in [3.63, 3.8) is 0 Å². The average Bonchev–Trinajstić information content (AvgIpc) is 2.83. The topological polar surface area (TPSA) is 93.1 Å². The van der Waals surface area contributed by atoms with Gasteiger partial charge in [-0.25, -0.2) is 0 Å². The number of benzene rings is 1. The molecular formula is C29H44O6. The molecule has 0 saturated carbocycles. The van der Waals surface area contributed by atoms with E-state index in [2.05, 4.69) is 30.9 Å². The molecule has 0 unspecified atom stereocenters. The SMILES string of the molecule is CCCCCCCCc1ccc(C#CC(OCCCCCC(=O)O)OCCCCCC(=O)O)cc1. The van der Waals surface area contributed by atoms with Crippen molar-refractivity contribution < 1.29 is 29.3 Å². The summed E-state index contributed by atoms with van der Waals surface area (Å²) in [6, 6.07) is 8.35. The third-order valence-corrected chi connectivity index (χ3v) is 5.72. The Hall–Kier alpha value is -2.36. The smallest absolute Gasteiger partial charge is 0.303 e. The molecule has 1 aromatic rings. The summed E-state index contributed by atoms with van der Waals surface area (Å²) >= 11 is 0. The maximum Gasteiger partial charge on any atom is 0.303 e. The molecule has 1 rings (SSSR count). The Morgan fingerprint density at radius 3 is 1.80 bits per heavy atom. The summed E-state index contributed by atoms with van der Waals surface area (Å²) in [5, 5.41) is 17.4. The van der Waals surface area contributed by atoms with Crippen LogP contribution in [0.5, 0.6) is 0 Å². The fourth-order valence-electron chi connectivity index (χ4n) is 3.63. The molecule has 0 saturated heterocycles. The zero-order valence-corrected chi connectivity index (χ0v) is 21.4. The van der Waals surface area contributed by atoms with E-state index in [0.717, 1.165) is 37.7 Å². The van der Waals surface area contributed by atoms with Crippen LogP contribution in [0.15, 0.2) is 24.3 Å². The maximum absolute atomic E-state index is 10.6. The molecule has 0 bridgehead atoms. The number of ether oxygens (including phenoxy) is 2. The Morgan fingerprint density at radius 1 is 0.743 bits per heavy atom. The number of carboxylic acid groups (broad SMARTS) is 2. The van der Waals surface area contributed by atoms with Gasteiger partial charge < -0.3 is 19.7 Å². The molecule has 6 heteroatoms. The molecular weight excluding hydrogens is 444 g/mol.